The van der Waals surface area contributed by atoms with Crippen molar-refractivity contribution in [1.82, 2.24) is 5.32 Å². The maximum atomic E-state index is 11.7. The predicted molar refractivity (Wildman–Crippen MR) is 85.4 cm³/mol. The zero-order valence-corrected chi connectivity index (χ0v) is 12.3. The van der Waals surface area contributed by atoms with E-state index >= 15 is 0 Å². The van der Waals surface area contributed by atoms with Gasteiger partial charge in [0.1, 0.15) is 0 Å². The van der Waals surface area contributed by atoms with Gasteiger partial charge in [0.15, 0.2) is 0 Å². The average Bonchev–Trinajstić information content (AvgIpc) is 2.52. The minimum absolute atomic E-state index is 0.0179. The molecular weight excluding hydrogens is 304 g/mol. The number of nitrogens with zero attached hydrogens (tertiary/aromatic N) is 1. The van der Waals surface area contributed by atoms with E-state index in [4.69, 9.17) is 11.6 Å². The van der Waals surface area contributed by atoms with Crippen LogP contribution in [0.15, 0.2) is 54.6 Å². The first kappa shape index (κ1) is 15.7. The van der Waals surface area contributed by atoms with Crippen molar-refractivity contribution in [1.29, 1.82) is 0 Å². The second-order valence-electron chi connectivity index (χ2n) is 4.53. The molecule has 1 N–H and O–H groups in total. The van der Waals surface area contributed by atoms with Gasteiger partial charge in [-0.25, -0.2) is 0 Å². The standard InChI is InChI=1S/C16H13ClN2O3/c17-14-6-1-13(2-7-14)11-18-16(20)10-5-12-3-8-15(9-4-12)19(21)22/h1-10H,11H2,(H,18,20). The molecule has 5 nitrogen and oxygen atoms in total. The summed E-state index contributed by atoms with van der Waals surface area (Å²) in [5.41, 5.74) is 1.68. The molecule has 0 aromatic heterocycles. The maximum Gasteiger partial charge on any atom is 0.269 e. The number of nitrogens with one attached hydrogen (secondary N) is 1. The second-order valence-corrected chi connectivity index (χ2v) is 4.96. The van der Waals surface area contributed by atoms with E-state index in [0.717, 1.165) is 5.56 Å². The van der Waals surface area contributed by atoms with E-state index in [9.17, 15) is 14.9 Å². The Bertz CT molecular complexity index is 694. The number of rotatable bonds is 5. The Kier molecular flexibility index (Phi) is 5.27. The van der Waals surface area contributed by atoms with Crippen LogP contribution in [0.5, 0.6) is 0 Å². The monoisotopic (exact) mass is 316 g/mol. The van der Waals surface area contributed by atoms with E-state index < -0.39 is 4.92 Å². The zero-order valence-electron chi connectivity index (χ0n) is 11.5. The van der Waals surface area contributed by atoms with Gasteiger partial charge >= 0.3 is 0 Å². The van der Waals surface area contributed by atoms with Crippen molar-refractivity contribution in [3.8, 4) is 0 Å². The summed E-state index contributed by atoms with van der Waals surface area (Å²) in [4.78, 5) is 21.8. The van der Waals surface area contributed by atoms with Crippen LogP contribution in [0.2, 0.25) is 5.02 Å². The summed E-state index contributed by atoms with van der Waals surface area (Å²) in [7, 11) is 0. The minimum Gasteiger partial charge on any atom is -0.348 e. The quantitative estimate of drug-likeness (QED) is 0.520. The van der Waals surface area contributed by atoms with E-state index in [1.54, 1.807) is 30.3 Å². The lowest BCUT2D eigenvalue weighted by Gasteiger charge is -2.02. The average molecular weight is 317 g/mol. The van der Waals surface area contributed by atoms with Gasteiger partial charge in [-0.15, -0.1) is 0 Å². The number of nitro groups is 1. The van der Waals surface area contributed by atoms with Crippen LogP contribution in [-0.2, 0) is 11.3 Å². The number of hydrogen-bond donors (Lipinski definition) is 1. The Hall–Kier alpha value is -2.66. The van der Waals surface area contributed by atoms with Gasteiger partial charge in [0.2, 0.25) is 5.91 Å². The van der Waals surface area contributed by atoms with E-state index in [1.165, 1.54) is 18.2 Å². The van der Waals surface area contributed by atoms with Crippen molar-refractivity contribution in [2.24, 2.45) is 0 Å². The highest BCUT2D eigenvalue weighted by atomic mass is 35.5. The third-order valence-electron chi connectivity index (χ3n) is 2.91. The number of non-ortho nitro benzene ring substituents is 1. The fraction of sp³-hybridized carbons (Fsp3) is 0.0625. The van der Waals surface area contributed by atoms with Crippen LogP contribution in [0.25, 0.3) is 6.08 Å². The lowest BCUT2D eigenvalue weighted by molar-refractivity contribution is -0.384. The number of halogens is 1. The van der Waals surface area contributed by atoms with E-state index in [1.807, 2.05) is 12.1 Å². The van der Waals surface area contributed by atoms with E-state index in [-0.39, 0.29) is 11.6 Å². The summed E-state index contributed by atoms with van der Waals surface area (Å²) in [6.07, 6.45) is 2.98. The van der Waals surface area contributed by atoms with E-state index in [0.29, 0.717) is 17.1 Å². The number of carbonyl (C=O) groups excluding carboxylic acids is 1. The van der Waals surface area contributed by atoms with Gasteiger partial charge in [-0.2, -0.15) is 0 Å². The molecule has 0 radical (unpaired) electrons. The van der Waals surface area contributed by atoms with Crippen LogP contribution in [0.1, 0.15) is 11.1 Å². The summed E-state index contributed by atoms with van der Waals surface area (Å²) in [5, 5.41) is 13.9. The summed E-state index contributed by atoms with van der Waals surface area (Å²) in [6, 6.07) is 13.1. The number of amides is 1. The van der Waals surface area contributed by atoms with Crippen LogP contribution < -0.4 is 5.32 Å². The SMILES string of the molecule is O=C(C=Cc1ccc([N+](=O)[O-])cc1)NCc1ccc(Cl)cc1. The Labute approximate surface area is 132 Å². The van der Waals surface area contributed by atoms with Crippen molar-refractivity contribution in [3.63, 3.8) is 0 Å². The van der Waals surface area contributed by atoms with Gasteiger partial charge in [0.25, 0.3) is 5.69 Å². The van der Waals surface area contributed by atoms with Crippen LogP contribution in [0.4, 0.5) is 5.69 Å². The molecule has 0 spiro atoms. The van der Waals surface area contributed by atoms with Gasteiger partial charge < -0.3 is 5.32 Å². The first-order chi connectivity index (χ1) is 10.5. The molecule has 0 aliphatic carbocycles. The molecule has 112 valence electrons. The highest BCUT2D eigenvalue weighted by Crippen LogP contribution is 2.13. The van der Waals surface area contributed by atoms with Crippen molar-refractivity contribution in [2.75, 3.05) is 0 Å². The first-order valence-electron chi connectivity index (χ1n) is 6.49. The van der Waals surface area contributed by atoms with Crippen molar-refractivity contribution < 1.29 is 9.72 Å². The largest absolute Gasteiger partial charge is 0.348 e. The van der Waals surface area contributed by atoms with Crippen LogP contribution in [0, 0.1) is 10.1 Å². The van der Waals surface area contributed by atoms with E-state index in [2.05, 4.69) is 5.32 Å². The highest BCUT2D eigenvalue weighted by Gasteiger charge is 2.02. The third-order valence-corrected chi connectivity index (χ3v) is 3.16. The summed E-state index contributed by atoms with van der Waals surface area (Å²) < 4.78 is 0. The van der Waals surface area contributed by atoms with Gasteiger partial charge in [-0.05, 0) is 41.5 Å². The molecule has 6 heteroatoms. The smallest absolute Gasteiger partial charge is 0.269 e. The number of carbonyl (C=O) groups is 1. The molecule has 1 amide bonds. The van der Waals surface area contributed by atoms with Crippen molar-refractivity contribution >= 4 is 29.3 Å². The maximum absolute atomic E-state index is 11.7. The van der Waals surface area contributed by atoms with Crippen LogP contribution in [0.3, 0.4) is 0 Å². The van der Waals surface area contributed by atoms with Crippen molar-refractivity contribution in [2.45, 2.75) is 6.54 Å². The van der Waals surface area contributed by atoms with Crippen LogP contribution >= 0.6 is 11.6 Å². The summed E-state index contributed by atoms with van der Waals surface area (Å²) in [6.45, 7) is 0.403. The molecule has 0 heterocycles. The Morgan fingerprint density at radius 3 is 2.36 bits per heavy atom. The fourth-order valence-electron chi connectivity index (χ4n) is 1.73. The van der Waals surface area contributed by atoms with Gasteiger partial charge in [-0.1, -0.05) is 23.7 Å². The number of benzene rings is 2. The molecule has 0 unspecified atom stereocenters. The molecule has 2 aromatic carbocycles. The fourth-order valence-corrected chi connectivity index (χ4v) is 1.86. The second kappa shape index (κ2) is 7.38. The van der Waals surface area contributed by atoms with Crippen LogP contribution in [-0.4, -0.2) is 10.8 Å². The zero-order chi connectivity index (χ0) is 15.9. The molecule has 0 fully saturated rings. The molecule has 0 atom stereocenters. The molecular formula is C16H13ClN2O3. The third kappa shape index (κ3) is 4.71. The minimum atomic E-state index is -0.466. The lowest BCUT2D eigenvalue weighted by atomic mass is 10.2. The van der Waals surface area contributed by atoms with Gasteiger partial charge in [0.05, 0.1) is 4.92 Å². The lowest BCUT2D eigenvalue weighted by Crippen LogP contribution is -2.20. The van der Waals surface area contributed by atoms with Gasteiger partial charge in [0, 0.05) is 29.8 Å². The molecule has 22 heavy (non-hydrogen) atoms. The Morgan fingerprint density at radius 1 is 1.14 bits per heavy atom. The molecule has 2 rings (SSSR count). The molecule has 0 saturated heterocycles. The predicted octanol–water partition coefficient (Wildman–Crippen LogP) is 3.58. The molecule has 0 bridgehead atoms. The highest BCUT2D eigenvalue weighted by molar-refractivity contribution is 6.30. The number of nitro benzene ring substituents is 1. The number of hydrogen-bond acceptors (Lipinski definition) is 3. The molecule has 0 aliphatic rings. The molecule has 0 saturated carbocycles. The Morgan fingerprint density at radius 2 is 1.77 bits per heavy atom. The first-order valence-corrected chi connectivity index (χ1v) is 6.87. The topological polar surface area (TPSA) is 72.2 Å². The van der Waals surface area contributed by atoms with Gasteiger partial charge in [-0.3, -0.25) is 14.9 Å². The Balaban J connectivity index is 1.88. The van der Waals surface area contributed by atoms with Crippen molar-refractivity contribution in [3.05, 3.63) is 80.9 Å². The normalized spacial score (nSPS) is 10.6. The molecule has 2 aromatic rings. The molecule has 0 aliphatic heterocycles. The summed E-state index contributed by atoms with van der Waals surface area (Å²) in [5.74, 6) is -0.242. The summed E-state index contributed by atoms with van der Waals surface area (Å²) >= 11 is 5.78.